The molecule has 1 aromatic rings. The molecule has 1 aromatic carbocycles. The van der Waals surface area contributed by atoms with Crippen LogP contribution in [0.5, 0.6) is 5.75 Å². The molecule has 1 rings (SSSR count). The lowest BCUT2D eigenvalue weighted by molar-refractivity contribution is 0.0995. The number of benzene rings is 1. The van der Waals surface area contributed by atoms with E-state index >= 15 is 0 Å². The van der Waals surface area contributed by atoms with Crippen LogP contribution in [0.25, 0.3) is 0 Å². The van der Waals surface area contributed by atoms with Crippen LogP contribution in [0.15, 0.2) is 18.2 Å². The Bertz CT molecular complexity index is 431. The first-order valence-electron chi connectivity index (χ1n) is 6.29. The fourth-order valence-corrected chi connectivity index (χ4v) is 1.57. The molecule has 3 heteroatoms. The Morgan fingerprint density at radius 1 is 1.33 bits per heavy atom. The van der Waals surface area contributed by atoms with Gasteiger partial charge in [0.15, 0.2) is 0 Å². The second-order valence-electron chi connectivity index (χ2n) is 6.03. The van der Waals surface area contributed by atoms with Gasteiger partial charge in [-0.05, 0) is 29.0 Å². The van der Waals surface area contributed by atoms with E-state index in [0.29, 0.717) is 23.8 Å². The number of primary amides is 1. The molecule has 0 saturated carbocycles. The number of carbonyl (C=O) groups is 1. The summed E-state index contributed by atoms with van der Waals surface area (Å²) in [6.45, 7) is 11.0. The third-order valence-electron chi connectivity index (χ3n) is 2.68. The highest BCUT2D eigenvalue weighted by molar-refractivity contribution is 5.95. The second-order valence-corrected chi connectivity index (χ2v) is 6.03. The molecule has 0 saturated heterocycles. The van der Waals surface area contributed by atoms with Crippen LogP contribution in [0.2, 0.25) is 0 Å². The van der Waals surface area contributed by atoms with E-state index < -0.39 is 5.91 Å². The molecule has 100 valence electrons. The van der Waals surface area contributed by atoms with Crippen LogP contribution in [0.4, 0.5) is 0 Å². The van der Waals surface area contributed by atoms with Gasteiger partial charge in [-0.2, -0.15) is 0 Å². The quantitative estimate of drug-likeness (QED) is 0.891. The summed E-state index contributed by atoms with van der Waals surface area (Å²) in [6.07, 6.45) is 0. The molecule has 0 aromatic heterocycles. The van der Waals surface area contributed by atoms with Gasteiger partial charge in [0.25, 0.3) is 5.91 Å². The van der Waals surface area contributed by atoms with Crippen LogP contribution in [-0.4, -0.2) is 12.5 Å². The maximum atomic E-state index is 11.5. The summed E-state index contributed by atoms with van der Waals surface area (Å²) in [5, 5.41) is 0. The Hall–Kier alpha value is -1.51. The summed E-state index contributed by atoms with van der Waals surface area (Å²) in [5.74, 6) is 0.539. The Kier molecular flexibility index (Phi) is 4.38. The molecule has 0 heterocycles. The monoisotopic (exact) mass is 249 g/mol. The minimum Gasteiger partial charge on any atom is -0.492 e. The zero-order chi connectivity index (χ0) is 13.9. The van der Waals surface area contributed by atoms with E-state index in [4.69, 9.17) is 10.5 Å². The van der Waals surface area contributed by atoms with E-state index in [1.54, 1.807) is 0 Å². The minimum atomic E-state index is -0.445. The Morgan fingerprint density at radius 2 is 1.94 bits per heavy atom. The second kappa shape index (κ2) is 5.42. The molecule has 18 heavy (non-hydrogen) atoms. The SMILES string of the molecule is CC(C)COc1ccc(C(C)(C)C)cc1C(N)=O. The van der Waals surface area contributed by atoms with Crippen molar-refractivity contribution < 1.29 is 9.53 Å². The molecule has 0 aliphatic heterocycles. The van der Waals surface area contributed by atoms with Crippen LogP contribution >= 0.6 is 0 Å². The number of ether oxygens (including phenoxy) is 1. The highest BCUT2D eigenvalue weighted by Crippen LogP contribution is 2.28. The van der Waals surface area contributed by atoms with E-state index in [2.05, 4.69) is 34.6 Å². The van der Waals surface area contributed by atoms with Crippen molar-refractivity contribution >= 4 is 5.91 Å². The van der Waals surface area contributed by atoms with Crippen molar-refractivity contribution in [1.82, 2.24) is 0 Å². The maximum Gasteiger partial charge on any atom is 0.252 e. The summed E-state index contributed by atoms with van der Waals surface area (Å²) in [5.41, 5.74) is 6.94. The standard InChI is InChI=1S/C15H23NO2/c1-10(2)9-18-13-7-6-11(15(3,4)5)8-12(13)14(16)17/h6-8,10H,9H2,1-5H3,(H2,16,17). The van der Waals surface area contributed by atoms with Crippen LogP contribution in [0.1, 0.15) is 50.5 Å². The van der Waals surface area contributed by atoms with Gasteiger partial charge >= 0.3 is 0 Å². The third-order valence-corrected chi connectivity index (χ3v) is 2.68. The summed E-state index contributed by atoms with van der Waals surface area (Å²) >= 11 is 0. The van der Waals surface area contributed by atoms with Crippen molar-refractivity contribution in [3.05, 3.63) is 29.3 Å². The van der Waals surface area contributed by atoms with Crippen molar-refractivity contribution in [1.29, 1.82) is 0 Å². The molecule has 0 bridgehead atoms. The van der Waals surface area contributed by atoms with Crippen LogP contribution < -0.4 is 10.5 Å². The topological polar surface area (TPSA) is 52.3 Å². The van der Waals surface area contributed by atoms with E-state index in [0.717, 1.165) is 5.56 Å². The zero-order valence-electron chi connectivity index (χ0n) is 11.9. The fraction of sp³-hybridized carbons (Fsp3) is 0.533. The smallest absolute Gasteiger partial charge is 0.252 e. The Labute approximate surface area is 109 Å². The molecule has 0 spiro atoms. The van der Waals surface area contributed by atoms with E-state index in [9.17, 15) is 4.79 Å². The number of carbonyl (C=O) groups excluding carboxylic acids is 1. The normalized spacial score (nSPS) is 11.7. The average Bonchev–Trinajstić information content (AvgIpc) is 2.24. The van der Waals surface area contributed by atoms with Crippen molar-refractivity contribution in [2.24, 2.45) is 11.7 Å². The van der Waals surface area contributed by atoms with Gasteiger partial charge in [0.1, 0.15) is 5.75 Å². The van der Waals surface area contributed by atoms with Gasteiger partial charge in [-0.25, -0.2) is 0 Å². The molecule has 1 amide bonds. The summed E-state index contributed by atoms with van der Waals surface area (Å²) in [6, 6.07) is 5.66. The molecular weight excluding hydrogens is 226 g/mol. The van der Waals surface area contributed by atoms with Crippen molar-refractivity contribution in [3.63, 3.8) is 0 Å². The van der Waals surface area contributed by atoms with Gasteiger partial charge in [0, 0.05) is 0 Å². The fourth-order valence-electron chi connectivity index (χ4n) is 1.57. The van der Waals surface area contributed by atoms with Gasteiger partial charge in [-0.1, -0.05) is 40.7 Å². The molecule has 3 nitrogen and oxygen atoms in total. The van der Waals surface area contributed by atoms with Gasteiger partial charge in [0.05, 0.1) is 12.2 Å². The lowest BCUT2D eigenvalue weighted by Gasteiger charge is -2.21. The average molecular weight is 249 g/mol. The van der Waals surface area contributed by atoms with Crippen LogP contribution in [0.3, 0.4) is 0 Å². The molecule has 0 unspecified atom stereocenters. The summed E-state index contributed by atoms with van der Waals surface area (Å²) in [4.78, 5) is 11.5. The van der Waals surface area contributed by atoms with Gasteiger partial charge in [-0.3, -0.25) is 4.79 Å². The molecule has 0 aliphatic rings. The molecule has 0 fully saturated rings. The summed E-state index contributed by atoms with van der Waals surface area (Å²) < 4.78 is 5.63. The van der Waals surface area contributed by atoms with Crippen molar-refractivity contribution in [2.45, 2.75) is 40.0 Å². The van der Waals surface area contributed by atoms with E-state index in [1.807, 2.05) is 18.2 Å². The highest BCUT2D eigenvalue weighted by Gasteiger charge is 2.18. The Morgan fingerprint density at radius 3 is 2.39 bits per heavy atom. The van der Waals surface area contributed by atoms with Crippen molar-refractivity contribution in [3.8, 4) is 5.75 Å². The third kappa shape index (κ3) is 3.76. The zero-order valence-corrected chi connectivity index (χ0v) is 11.9. The number of rotatable bonds is 4. The number of hydrogen-bond donors (Lipinski definition) is 1. The van der Waals surface area contributed by atoms with Gasteiger partial charge in [-0.15, -0.1) is 0 Å². The van der Waals surface area contributed by atoms with Crippen LogP contribution in [-0.2, 0) is 5.41 Å². The predicted octanol–water partition coefficient (Wildman–Crippen LogP) is 3.12. The molecule has 0 radical (unpaired) electrons. The van der Waals surface area contributed by atoms with E-state index in [-0.39, 0.29) is 5.41 Å². The molecular formula is C15H23NO2. The number of hydrogen-bond acceptors (Lipinski definition) is 2. The van der Waals surface area contributed by atoms with Crippen LogP contribution in [0, 0.1) is 5.92 Å². The molecule has 2 N–H and O–H groups in total. The van der Waals surface area contributed by atoms with Gasteiger partial charge in [0.2, 0.25) is 0 Å². The predicted molar refractivity (Wildman–Crippen MR) is 74.0 cm³/mol. The first kappa shape index (κ1) is 14.6. The number of nitrogens with two attached hydrogens (primary N) is 1. The van der Waals surface area contributed by atoms with Gasteiger partial charge < -0.3 is 10.5 Å². The van der Waals surface area contributed by atoms with Crippen molar-refractivity contribution in [2.75, 3.05) is 6.61 Å². The minimum absolute atomic E-state index is 0.0131. The lowest BCUT2D eigenvalue weighted by Crippen LogP contribution is -2.18. The highest BCUT2D eigenvalue weighted by atomic mass is 16.5. The lowest BCUT2D eigenvalue weighted by atomic mass is 9.86. The van der Waals surface area contributed by atoms with E-state index in [1.165, 1.54) is 0 Å². The molecule has 0 aliphatic carbocycles. The Balaban J connectivity index is 3.09. The first-order valence-corrected chi connectivity index (χ1v) is 6.29. The maximum absolute atomic E-state index is 11.5. The molecule has 0 atom stereocenters. The number of amides is 1. The largest absolute Gasteiger partial charge is 0.492 e. The summed E-state index contributed by atoms with van der Waals surface area (Å²) in [7, 11) is 0. The first-order chi connectivity index (χ1) is 8.21.